The third kappa shape index (κ3) is 9.60. The number of urea groups is 1. The van der Waals surface area contributed by atoms with Gasteiger partial charge in [-0.2, -0.15) is 0 Å². The molecule has 0 spiro atoms. The summed E-state index contributed by atoms with van der Waals surface area (Å²) in [5, 5.41) is 16.6. The number of alkyl carbamates (subject to hydrolysis) is 1. The van der Waals surface area contributed by atoms with Gasteiger partial charge >= 0.3 is 18.1 Å². The summed E-state index contributed by atoms with van der Waals surface area (Å²) in [4.78, 5) is 38.8. The zero-order valence-electron chi connectivity index (χ0n) is 18.1. The Balaban J connectivity index is 1.88. The van der Waals surface area contributed by atoms with Crippen molar-refractivity contribution in [2.75, 3.05) is 11.9 Å². The SMILES string of the molecule is CC(C)(C)OC(=O)N[C@H](CNC(=O)Nc1ccc(Oc2ncc(Cl)cc2F)cc1)CC(=O)O. The molecule has 178 valence electrons. The zero-order valence-corrected chi connectivity index (χ0v) is 18.9. The topological polar surface area (TPSA) is 139 Å². The fraction of sp³-hybridized carbons (Fsp3) is 0.333. The number of rotatable bonds is 8. The molecule has 3 amide bonds. The summed E-state index contributed by atoms with van der Waals surface area (Å²) in [6, 6.07) is 5.55. The van der Waals surface area contributed by atoms with Gasteiger partial charge in [-0.1, -0.05) is 11.6 Å². The van der Waals surface area contributed by atoms with E-state index in [2.05, 4.69) is 20.9 Å². The number of aliphatic carboxylic acids is 1. The Morgan fingerprint density at radius 2 is 1.88 bits per heavy atom. The monoisotopic (exact) mass is 482 g/mol. The number of pyridine rings is 1. The number of benzene rings is 1. The minimum absolute atomic E-state index is 0.136. The van der Waals surface area contributed by atoms with Crippen molar-refractivity contribution < 1.29 is 33.4 Å². The molecule has 12 heteroatoms. The molecular weight excluding hydrogens is 459 g/mol. The van der Waals surface area contributed by atoms with Crippen LogP contribution >= 0.6 is 11.6 Å². The Morgan fingerprint density at radius 3 is 2.45 bits per heavy atom. The quantitative estimate of drug-likeness (QED) is 0.443. The summed E-state index contributed by atoms with van der Waals surface area (Å²) in [7, 11) is 0. The van der Waals surface area contributed by atoms with Crippen molar-refractivity contribution in [1.82, 2.24) is 15.6 Å². The molecule has 0 aliphatic carbocycles. The van der Waals surface area contributed by atoms with Gasteiger partial charge < -0.3 is 30.5 Å². The lowest BCUT2D eigenvalue weighted by Gasteiger charge is -2.23. The maximum absolute atomic E-state index is 13.8. The molecule has 1 aromatic carbocycles. The number of hydrogen-bond donors (Lipinski definition) is 4. The van der Waals surface area contributed by atoms with Crippen LogP contribution in [0.3, 0.4) is 0 Å². The van der Waals surface area contributed by atoms with Crippen LogP contribution in [0.4, 0.5) is 19.7 Å². The van der Waals surface area contributed by atoms with E-state index in [4.69, 9.17) is 26.2 Å². The molecule has 0 saturated heterocycles. The fourth-order valence-corrected chi connectivity index (χ4v) is 2.59. The molecule has 0 radical (unpaired) electrons. The molecule has 2 aromatic rings. The molecular formula is C21H24ClFN4O6. The normalized spacial score (nSPS) is 11.8. The highest BCUT2D eigenvalue weighted by Crippen LogP contribution is 2.25. The molecule has 4 N–H and O–H groups in total. The maximum Gasteiger partial charge on any atom is 0.407 e. The summed E-state index contributed by atoms with van der Waals surface area (Å²) in [5.41, 5.74) is -0.368. The highest BCUT2D eigenvalue weighted by molar-refractivity contribution is 6.30. The van der Waals surface area contributed by atoms with Crippen molar-refractivity contribution in [2.45, 2.75) is 38.8 Å². The average molecular weight is 483 g/mol. The van der Waals surface area contributed by atoms with Gasteiger partial charge in [0, 0.05) is 18.4 Å². The van der Waals surface area contributed by atoms with Crippen LogP contribution in [0.2, 0.25) is 5.02 Å². The molecule has 0 aliphatic heterocycles. The molecule has 1 atom stereocenters. The van der Waals surface area contributed by atoms with Gasteiger partial charge in [0.1, 0.15) is 11.4 Å². The van der Waals surface area contributed by atoms with Gasteiger partial charge in [0.25, 0.3) is 5.88 Å². The number of carbonyl (C=O) groups excluding carboxylic acids is 2. The van der Waals surface area contributed by atoms with Crippen molar-refractivity contribution in [3.63, 3.8) is 0 Å². The van der Waals surface area contributed by atoms with E-state index in [1.54, 1.807) is 20.8 Å². The second-order valence-electron chi connectivity index (χ2n) is 7.84. The lowest BCUT2D eigenvalue weighted by atomic mass is 10.2. The number of carbonyl (C=O) groups is 3. The first-order chi connectivity index (χ1) is 15.4. The van der Waals surface area contributed by atoms with Gasteiger partial charge in [-0.05, 0) is 51.1 Å². The summed E-state index contributed by atoms with van der Waals surface area (Å²) >= 11 is 5.65. The zero-order chi connectivity index (χ0) is 24.6. The number of carboxylic acids is 1. The summed E-state index contributed by atoms with van der Waals surface area (Å²) in [5.74, 6) is -1.85. The van der Waals surface area contributed by atoms with Crippen LogP contribution in [-0.4, -0.2) is 46.4 Å². The van der Waals surface area contributed by atoms with Crippen LogP contribution in [0.5, 0.6) is 11.6 Å². The van der Waals surface area contributed by atoms with Crippen LogP contribution < -0.4 is 20.7 Å². The standard InChI is InChI=1S/C21H24ClFN4O6/c1-21(2,3)33-20(31)27-14(9-17(28)29)11-25-19(30)26-13-4-6-15(7-5-13)32-18-16(23)8-12(22)10-24-18/h4-8,10,14H,9,11H2,1-3H3,(H,27,31)(H,28,29)(H2,25,26,30)/t14-/m0/s1. The summed E-state index contributed by atoms with van der Waals surface area (Å²) < 4.78 is 24.2. The lowest BCUT2D eigenvalue weighted by Crippen LogP contribution is -2.47. The third-order valence-electron chi connectivity index (χ3n) is 3.75. The Morgan fingerprint density at radius 1 is 1.21 bits per heavy atom. The molecule has 0 bridgehead atoms. The molecule has 0 aliphatic rings. The van der Waals surface area contributed by atoms with E-state index < -0.39 is 42.0 Å². The highest BCUT2D eigenvalue weighted by Gasteiger charge is 2.21. The first kappa shape index (κ1) is 25.7. The highest BCUT2D eigenvalue weighted by atomic mass is 35.5. The Bertz CT molecular complexity index is 997. The first-order valence-electron chi connectivity index (χ1n) is 9.76. The van der Waals surface area contributed by atoms with Gasteiger partial charge in [0.05, 0.1) is 17.5 Å². The number of halogens is 2. The largest absolute Gasteiger partial charge is 0.481 e. The van der Waals surface area contributed by atoms with Gasteiger partial charge in [-0.25, -0.2) is 19.0 Å². The predicted octanol–water partition coefficient (Wildman–Crippen LogP) is 4.16. The molecule has 0 unspecified atom stereocenters. The van der Waals surface area contributed by atoms with Crippen molar-refractivity contribution in [1.29, 1.82) is 0 Å². The molecule has 1 aromatic heterocycles. The predicted molar refractivity (Wildman–Crippen MR) is 118 cm³/mol. The Hall–Kier alpha value is -3.60. The summed E-state index contributed by atoms with van der Waals surface area (Å²) in [6.07, 6.45) is 0.0364. The summed E-state index contributed by atoms with van der Waals surface area (Å²) in [6.45, 7) is 4.86. The van der Waals surface area contributed by atoms with Crippen LogP contribution in [-0.2, 0) is 9.53 Å². The number of hydrogen-bond acceptors (Lipinski definition) is 6. The number of nitrogens with zero attached hydrogens (tertiary/aromatic N) is 1. The number of aromatic nitrogens is 1. The number of carboxylic acid groups (broad SMARTS) is 1. The smallest absolute Gasteiger partial charge is 0.407 e. The van der Waals surface area contributed by atoms with Crippen LogP contribution in [0.15, 0.2) is 36.5 Å². The van der Waals surface area contributed by atoms with Crippen molar-refractivity contribution >= 4 is 35.4 Å². The van der Waals surface area contributed by atoms with Crippen molar-refractivity contribution in [3.8, 4) is 11.6 Å². The van der Waals surface area contributed by atoms with E-state index in [9.17, 15) is 18.8 Å². The van der Waals surface area contributed by atoms with Gasteiger partial charge in [0.2, 0.25) is 0 Å². The minimum Gasteiger partial charge on any atom is -0.481 e. The van der Waals surface area contributed by atoms with E-state index in [1.807, 2.05) is 0 Å². The third-order valence-corrected chi connectivity index (χ3v) is 3.96. The van der Waals surface area contributed by atoms with Gasteiger partial charge in [0.15, 0.2) is 5.82 Å². The number of nitrogens with one attached hydrogen (secondary N) is 3. The molecule has 33 heavy (non-hydrogen) atoms. The number of amides is 3. The second-order valence-corrected chi connectivity index (χ2v) is 8.28. The lowest BCUT2D eigenvalue weighted by molar-refractivity contribution is -0.137. The van der Waals surface area contributed by atoms with Crippen molar-refractivity contribution in [3.05, 3.63) is 47.4 Å². The fourth-order valence-electron chi connectivity index (χ4n) is 2.45. The van der Waals surface area contributed by atoms with E-state index in [-0.39, 0.29) is 23.2 Å². The number of anilines is 1. The van der Waals surface area contributed by atoms with E-state index in [0.29, 0.717) is 5.69 Å². The molecule has 0 fully saturated rings. The van der Waals surface area contributed by atoms with Crippen LogP contribution in [0, 0.1) is 5.82 Å². The maximum atomic E-state index is 13.8. The van der Waals surface area contributed by atoms with E-state index in [1.165, 1.54) is 30.5 Å². The Labute approximate surface area is 194 Å². The average Bonchev–Trinajstić information content (AvgIpc) is 2.68. The first-order valence-corrected chi connectivity index (χ1v) is 10.1. The van der Waals surface area contributed by atoms with Crippen LogP contribution in [0.1, 0.15) is 27.2 Å². The molecule has 10 nitrogen and oxygen atoms in total. The molecule has 0 saturated carbocycles. The van der Waals surface area contributed by atoms with Gasteiger partial charge in [-0.3, -0.25) is 4.79 Å². The van der Waals surface area contributed by atoms with Crippen molar-refractivity contribution in [2.24, 2.45) is 0 Å². The molecule has 1 heterocycles. The second kappa shape index (κ2) is 11.3. The van der Waals surface area contributed by atoms with E-state index >= 15 is 0 Å². The number of ether oxygens (including phenoxy) is 2. The molecule has 2 rings (SSSR count). The Kier molecular flexibility index (Phi) is 8.80. The van der Waals surface area contributed by atoms with Gasteiger partial charge in [-0.15, -0.1) is 0 Å². The minimum atomic E-state index is -1.15. The van der Waals surface area contributed by atoms with Crippen LogP contribution in [0.25, 0.3) is 0 Å². The van der Waals surface area contributed by atoms with E-state index in [0.717, 1.165) is 6.07 Å².